The second-order valence-corrected chi connectivity index (χ2v) is 4.28. The van der Waals surface area contributed by atoms with Gasteiger partial charge in [0.1, 0.15) is 11.6 Å². The van der Waals surface area contributed by atoms with E-state index in [2.05, 4.69) is 14.5 Å². The normalized spacial score (nSPS) is 10.5. The Morgan fingerprint density at radius 3 is 2.42 bits per heavy atom. The smallest absolute Gasteiger partial charge is 0.140 e. The van der Waals surface area contributed by atoms with Gasteiger partial charge in [-0.15, -0.1) is 0 Å². The summed E-state index contributed by atoms with van der Waals surface area (Å²) in [6, 6.07) is 11.1. The predicted octanol–water partition coefficient (Wildman–Crippen LogP) is 2.70. The SMILES string of the molecule is Oc1ccc(Cn2ccnc2-c2ccncc2)cc1. The van der Waals surface area contributed by atoms with Gasteiger partial charge in [0, 0.05) is 36.9 Å². The summed E-state index contributed by atoms with van der Waals surface area (Å²) in [5, 5.41) is 9.29. The number of imidazole rings is 1. The zero-order valence-electron chi connectivity index (χ0n) is 10.3. The molecule has 0 spiro atoms. The van der Waals surface area contributed by atoms with Gasteiger partial charge in [-0.25, -0.2) is 4.98 Å². The van der Waals surface area contributed by atoms with E-state index in [1.807, 2.05) is 30.5 Å². The third kappa shape index (κ3) is 2.47. The molecule has 0 aliphatic heterocycles. The summed E-state index contributed by atoms with van der Waals surface area (Å²) >= 11 is 0. The van der Waals surface area contributed by atoms with Crippen molar-refractivity contribution >= 4 is 0 Å². The van der Waals surface area contributed by atoms with Crippen LogP contribution in [0.1, 0.15) is 5.56 Å². The number of hydrogen-bond acceptors (Lipinski definition) is 3. The minimum atomic E-state index is 0.281. The van der Waals surface area contributed by atoms with Crippen molar-refractivity contribution in [3.05, 3.63) is 66.7 Å². The van der Waals surface area contributed by atoms with Crippen LogP contribution in [0.5, 0.6) is 5.75 Å². The Morgan fingerprint density at radius 1 is 0.947 bits per heavy atom. The number of aromatic hydroxyl groups is 1. The zero-order valence-corrected chi connectivity index (χ0v) is 10.3. The highest BCUT2D eigenvalue weighted by Gasteiger charge is 2.05. The highest BCUT2D eigenvalue weighted by atomic mass is 16.3. The van der Waals surface area contributed by atoms with Gasteiger partial charge in [0.05, 0.1) is 0 Å². The first-order valence-electron chi connectivity index (χ1n) is 6.02. The monoisotopic (exact) mass is 251 g/mol. The topological polar surface area (TPSA) is 50.9 Å². The molecule has 2 aromatic heterocycles. The number of hydrogen-bond donors (Lipinski definition) is 1. The van der Waals surface area contributed by atoms with Crippen molar-refractivity contribution in [3.63, 3.8) is 0 Å². The molecule has 0 saturated carbocycles. The van der Waals surface area contributed by atoms with E-state index < -0.39 is 0 Å². The number of phenols is 1. The Hall–Kier alpha value is -2.62. The van der Waals surface area contributed by atoms with Crippen LogP contribution in [0.3, 0.4) is 0 Å². The predicted molar refractivity (Wildman–Crippen MR) is 72.7 cm³/mol. The van der Waals surface area contributed by atoms with E-state index in [-0.39, 0.29) is 5.75 Å². The lowest BCUT2D eigenvalue weighted by Crippen LogP contribution is -2.00. The number of pyridine rings is 1. The fraction of sp³-hybridized carbons (Fsp3) is 0.0667. The van der Waals surface area contributed by atoms with Gasteiger partial charge in [0.2, 0.25) is 0 Å². The summed E-state index contributed by atoms with van der Waals surface area (Å²) in [6.07, 6.45) is 7.25. The Labute approximate surface area is 111 Å². The van der Waals surface area contributed by atoms with Crippen molar-refractivity contribution in [2.75, 3.05) is 0 Å². The molecule has 0 atom stereocenters. The number of benzene rings is 1. The summed E-state index contributed by atoms with van der Waals surface area (Å²) in [4.78, 5) is 8.40. The molecular weight excluding hydrogens is 238 g/mol. The zero-order chi connectivity index (χ0) is 13.1. The standard InChI is InChI=1S/C15H13N3O/c19-14-3-1-12(2-4-14)11-18-10-9-17-15(18)13-5-7-16-8-6-13/h1-10,19H,11H2. The quantitative estimate of drug-likeness (QED) is 0.778. The van der Waals surface area contributed by atoms with E-state index in [0.717, 1.165) is 23.5 Å². The fourth-order valence-electron chi connectivity index (χ4n) is 2.00. The lowest BCUT2D eigenvalue weighted by molar-refractivity contribution is 0.475. The number of phenolic OH excluding ortho intramolecular Hbond substituents is 1. The maximum absolute atomic E-state index is 9.29. The van der Waals surface area contributed by atoms with Crippen LogP contribution in [0.2, 0.25) is 0 Å². The van der Waals surface area contributed by atoms with Crippen LogP contribution in [0.4, 0.5) is 0 Å². The minimum absolute atomic E-state index is 0.281. The first kappa shape index (κ1) is 11.5. The first-order chi connectivity index (χ1) is 9.33. The van der Waals surface area contributed by atoms with E-state index in [9.17, 15) is 5.11 Å². The fourth-order valence-corrected chi connectivity index (χ4v) is 2.00. The molecule has 3 aromatic rings. The average molecular weight is 251 g/mol. The number of aromatic nitrogens is 3. The first-order valence-corrected chi connectivity index (χ1v) is 6.02. The lowest BCUT2D eigenvalue weighted by atomic mass is 10.2. The second-order valence-electron chi connectivity index (χ2n) is 4.28. The molecule has 0 fully saturated rings. The summed E-state index contributed by atoms with van der Waals surface area (Å²) in [6.45, 7) is 0.720. The lowest BCUT2D eigenvalue weighted by Gasteiger charge is -2.08. The molecule has 0 aliphatic rings. The van der Waals surface area contributed by atoms with Gasteiger partial charge < -0.3 is 9.67 Å². The third-order valence-corrected chi connectivity index (χ3v) is 2.94. The van der Waals surface area contributed by atoms with Crippen LogP contribution in [0.25, 0.3) is 11.4 Å². The summed E-state index contributed by atoms with van der Waals surface area (Å²) in [5.74, 6) is 1.19. The van der Waals surface area contributed by atoms with Gasteiger partial charge in [-0.2, -0.15) is 0 Å². The van der Waals surface area contributed by atoms with E-state index in [4.69, 9.17) is 0 Å². The minimum Gasteiger partial charge on any atom is -0.508 e. The summed E-state index contributed by atoms with van der Waals surface area (Å²) in [7, 11) is 0. The molecule has 2 heterocycles. The summed E-state index contributed by atoms with van der Waals surface area (Å²) in [5.41, 5.74) is 2.16. The number of rotatable bonds is 3. The van der Waals surface area contributed by atoms with Crippen molar-refractivity contribution < 1.29 is 5.11 Å². The molecule has 0 amide bonds. The molecule has 94 valence electrons. The molecular formula is C15H13N3O. The molecule has 0 aliphatic carbocycles. The van der Waals surface area contributed by atoms with Crippen molar-refractivity contribution in [2.45, 2.75) is 6.54 Å². The maximum Gasteiger partial charge on any atom is 0.140 e. The van der Waals surface area contributed by atoms with Crippen molar-refractivity contribution in [1.29, 1.82) is 0 Å². The highest BCUT2D eigenvalue weighted by Crippen LogP contribution is 2.18. The Balaban J connectivity index is 1.91. The average Bonchev–Trinajstić information content (AvgIpc) is 2.90. The summed E-state index contributed by atoms with van der Waals surface area (Å²) < 4.78 is 2.07. The van der Waals surface area contributed by atoms with Gasteiger partial charge in [-0.3, -0.25) is 4.98 Å². The second kappa shape index (κ2) is 4.94. The van der Waals surface area contributed by atoms with Gasteiger partial charge in [0.25, 0.3) is 0 Å². The Kier molecular flexibility index (Phi) is 2.98. The van der Waals surface area contributed by atoms with Gasteiger partial charge in [-0.05, 0) is 29.8 Å². The molecule has 0 saturated heterocycles. The largest absolute Gasteiger partial charge is 0.508 e. The van der Waals surface area contributed by atoms with Crippen molar-refractivity contribution in [2.24, 2.45) is 0 Å². The van der Waals surface area contributed by atoms with Crippen LogP contribution < -0.4 is 0 Å². The molecule has 0 bridgehead atoms. The Bertz CT molecular complexity index is 659. The third-order valence-electron chi connectivity index (χ3n) is 2.94. The molecule has 4 nitrogen and oxygen atoms in total. The van der Waals surface area contributed by atoms with Crippen LogP contribution in [0, 0.1) is 0 Å². The molecule has 0 radical (unpaired) electrons. The molecule has 4 heteroatoms. The van der Waals surface area contributed by atoms with Gasteiger partial charge >= 0.3 is 0 Å². The highest BCUT2D eigenvalue weighted by molar-refractivity contribution is 5.54. The van der Waals surface area contributed by atoms with E-state index in [1.54, 1.807) is 30.7 Å². The molecule has 0 unspecified atom stereocenters. The van der Waals surface area contributed by atoms with Crippen LogP contribution in [0.15, 0.2) is 61.2 Å². The van der Waals surface area contributed by atoms with Crippen LogP contribution >= 0.6 is 0 Å². The Morgan fingerprint density at radius 2 is 1.68 bits per heavy atom. The van der Waals surface area contributed by atoms with E-state index >= 15 is 0 Å². The van der Waals surface area contributed by atoms with Crippen molar-refractivity contribution in [1.82, 2.24) is 14.5 Å². The van der Waals surface area contributed by atoms with Crippen molar-refractivity contribution in [3.8, 4) is 17.1 Å². The van der Waals surface area contributed by atoms with E-state index in [0.29, 0.717) is 0 Å². The van der Waals surface area contributed by atoms with Gasteiger partial charge in [0.15, 0.2) is 0 Å². The van der Waals surface area contributed by atoms with Crippen LogP contribution in [-0.2, 0) is 6.54 Å². The molecule has 1 N–H and O–H groups in total. The maximum atomic E-state index is 9.29. The van der Waals surface area contributed by atoms with Crippen LogP contribution in [-0.4, -0.2) is 19.6 Å². The molecule has 3 rings (SSSR count). The molecule has 1 aromatic carbocycles. The van der Waals surface area contributed by atoms with E-state index in [1.165, 1.54) is 0 Å². The number of nitrogens with zero attached hydrogens (tertiary/aromatic N) is 3. The van der Waals surface area contributed by atoms with Gasteiger partial charge in [-0.1, -0.05) is 12.1 Å². The molecule has 19 heavy (non-hydrogen) atoms.